The molecule has 2 aromatic carbocycles. The van der Waals surface area contributed by atoms with E-state index in [1.54, 1.807) is 0 Å². The second-order valence-corrected chi connectivity index (χ2v) is 6.45. The highest BCUT2D eigenvalue weighted by Crippen LogP contribution is 2.11. The first kappa shape index (κ1) is 18.1. The van der Waals surface area contributed by atoms with E-state index in [9.17, 15) is 18.0 Å². The Morgan fingerprint density at radius 1 is 1.16 bits per heavy atom. The summed E-state index contributed by atoms with van der Waals surface area (Å²) in [5, 5.41) is 16.2. The summed E-state index contributed by atoms with van der Waals surface area (Å²) in [5.74, 6) is -1.44. The van der Waals surface area contributed by atoms with E-state index >= 15 is 0 Å². The number of hydrogen-bond acceptors (Lipinski definition) is 6. The normalized spacial score (nSPS) is 10.6. The van der Waals surface area contributed by atoms with Crippen molar-refractivity contribution in [1.82, 2.24) is 0 Å². The summed E-state index contributed by atoms with van der Waals surface area (Å²) in [4.78, 5) is 23.4. The minimum absolute atomic E-state index is 0.0438. The van der Waals surface area contributed by atoms with Crippen LogP contribution in [0.4, 0.5) is 5.69 Å². The molecule has 128 valence electrons. The number of rotatable bonds is 5. The average Bonchev–Trinajstić information content (AvgIpc) is 2.59. The number of esters is 1. The zero-order valence-corrected chi connectivity index (χ0v) is 13.6. The first-order chi connectivity index (χ1) is 11.8. The predicted molar refractivity (Wildman–Crippen MR) is 87.9 cm³/mol. The van der Waals surface area contributed by atoms with Crippen LogP contribution in [-0.2, 0) is 19.6 Å². The number of nitrogens with zero attached hydrogens (tertiary/aromatic N) is 1. The Morgan fingerprint density at radius 2 is 1.84 bits per heavy atom. The molecule has 0 saturated carbocycles. The number of ether oxygens (including phenoxy) is 1. The molecule has 0 fully saturated rings. The fourth-order valence-corrected chi connectivity index (χ4v) is 2.40. The van der Waals surface area contributed by atoms with E-state index in [1.807, 2.05) is 6.07 Å². The molecule has 9 heteroatoms. The highest BCUT2D eigenvalue weighted by atomic mass is 32.2. The number of nitrogens with two attached hydrogens (primary N) is 1. The lowest BCUT2D eigenvalue weighted by Crippen LogP contribution is -2.21. The van der Waals surface area contributed by atoms with Crippen molar-refractivity contribution in [3.05, 3.63) is 59.7 Å². The van der Waals surface area contributed by atoms with Gasteiger partial charge in [0.05, 0.1) is 22.1 Å². The molecule has 0 aliphatic carbocycles. The maximum atomic E-state index is 11.9. The summed E-state index contributed by atoms with van der Waals surface area (Å²) in [6, 6.07) is 13.1. The van der Waals surface area contributed by atoms with Gasteiger partial charge in [0.25, 0.3) is 5.91 Å². The number of carbonyl (C=O) groups excluding carboxylic acids is 2. The van der Waals surface area contributed by atoms with Crippen molar-refractivity contribution in [2.24, 2.45) is 5.14 Å². The summed E-state index contributed by atoms with van der Waals surface area (Å²) in [6.45, 7) is -0.557. The van der Waals surface area contributed by atoms with Gasteiger partial charge in [-0.15, -0.1) is 0 Å². The molecule has 1 amide bonds. The lowest BCUT2D eigenvalue weighted by Gasteiger charge is -2.07. The molecule has 0 aliphatic rings. The van der Waals surface area contributed by atoms with Crippen LogP contribution in [0, 0.1) is 11.3 Å². The first-order valence-electron chi connectivity index (χ1n) is 6.89. The molecule has 0 heterocycles. The minimum atomic E-state index is -3.95. The van der Waals surface area contributed by atoms with Crippen LogP contribution in [-0.4, -0.2) is 26.9 Å². The molecule has 0 bridgehead atoms. The third-order valence-corrected chi connectivity index (χ3v) is 3.94. The van der Waals surface area contributed by atoms with Crippen molar-refractivity contribution < 1.29 is 22.7 Å². The second kappa shape index (κ2) is 7.57. The maximum Gasteiger partial charge on any atom is 0.338 e. The quantitative estimate of drug-likeness (QED) is 0.763. The molecule has 0 spiro atoms. The molecule has 0 atom stereocenters. The number of sulfonamides is 1. The third-order valence-electron chi connectivity index (χ3n) is 3.03. The van der Waals surface area contributed by atoms with Gasteiger partial charge < -0.3 is 10.1 Å². The third kappa shape index (κ3) is 5.13. The number of benzene rings is 2. The lowest BCUT2D eigenvalue weighted by molar-refractivity contribution is -0.119. The molecule has 0 radical (unpaired) electrons. The van der Waals surface area contributed by atoms with E-state index in [-0.39, 0.29) is 10.5 Å². The van der Waals surface area contributed by atoms with Crippen molar-refractivity contribution in [2.75, 3.05) is 11.9 Å². The van der Waals surface area contributed by atoms with E-state index in [2.05, 4.69) is 5.32 Å². The van der Waals surface area contributed by atoms with Crippen molar-refractivity contribution in [3.63, 3.8) is 0 Å². The van der Waals surface area contributed by atoms with Gasteiger partial charge in [0.15, 0.2) is 6.61 Å². The smallest absolute Gasteiger partial charge is 0.338 e. The number of primary sulfonamides is 1. The zero-order chi connectivity index (χ0) is 18.4. The summed E-state index contributed by atoms with van der Waals surface area (Å²) in [7, 11) is -3.95. The molecule has 0 aromatic heterocycles. The Kier molecular flexibility index (Phi) is 5.49. The van der Waals surface area contributed by atoms with Gasteiger partial charge in [-0.1, -0.05) is 6.07 Å². The van der Waals surface area contributed by atoms with Crippen LogP contribution >= 0.6 is 0 Å². The van der Waals surface area contributed by atoms with Crippen LogP contribution in [0.5, 0.6) is 0 Å². The van der Waals surface area contributed by atoms with E-state index < -0.39 is 28.5 Å². The highest BCUT2D eigenvalue weighted by Gasteiger charge is 2.14. The van der Waals surface area contributed by atoms with Gasteiger partial charge in [0.2, 0.25) is 10.0 Å². The van der Waals surface area contributed by atoms with Crippen molar-refractivity contribution in [3.8, 4) is 6.07 Å². The van der Waals surface area contributed by atoms with Crippen LogP contribution in [0.3, 0.4) is 0 Å². The number of anilines is 1. The maximum absolute atomic E-state index is 11.9. The van der Waals surface area contributed by atoms with E-state index in [0.717, 1.165) is 6.07 Å². The summed E-state index contributed by atoms with van der Waals surface area (Å²) in [5.41, 5.74) is 0.841. The summed E-state index contributed by atoms with van der Waals surface area (Å²) in [6.07, 6.45) is 0. The number of amides is 1. The monoisotopic (exact) mass is 359 g/mol. The summed E-state index contributed by atoms with van der Waals surface area (Å²) < 4.78 is 27.4. The number of hydrogen-bond donors (Lipinski definition) is 2. The van der Waals surface area contributed by atoms with Gasteiger partial charge in [0, 0.05) is 5.69 Å². The minimum Gasteiger partial charge on any atom is -0.452 e. The highest BCUT2D eigenvalue weighted by molar-refractivity contribution is 7.89. The number of nitrogens with one attached hydrogen (secondary N) is 1. The van der Waals surface area contributed by atoms with Gasteiger partial charge in [-0.2, -0.15) is 5.26 Å². The molecular weight excluding hydrogens is 346 g/mol. The van der Waals surface area contributed by atoms with E-state index in [1.165, 1.54) is 42.5 Å². The number of nitriles is 1. The van der Waals surface area contributed by atoms with Crippen molar-refractivity contribution in [1.29, 1.82) is 5.26 Å². The van der Waals surface area contributed by atoms with Crippen molar-refractivity contribution >= 4 is 27.6 Å². The van der Waals surface area contributed by atoms with Crippen LogP contribution in [0.1, 0.15) is 15.9 Å². The molecule has 2 aromatic rings. The second-order valence-electron chi connectivity index (χ2n) is 4.89. The van der Waals surface area contributed by atoms with Crippen LogP contribution in [0.25, 0.3) is 0 Å². The van der Waals surface area contributed by atoms with E-state index in [0.29, 0.717) is 11.3 Å². The number of carbonyl (C=O) groups is 2. The van der Waals surface area contributed by atoms with Crippen molar-refractivity contribution in [2.45, 2.75) is 4.90 Å². The van der Waals surface area contributed by atoms with Gasteiger partial charge in [-0.05, 0) is 42.5 Å². The Labute approximate surface area is 143 Å². The molecular formula is C16H13N3O5S. The van der Waals surface area contributed by atoms with Crippen LogP contribution < -0.4 is 10.5 Å². The van der Waals surface area contributed by atoms with Crippen LogP contribution in [0.15, 0.2) is 53.4 Å². The molecule has 25 heavy (non-hydrogen) atoms. The molecule has 8 nitrogen and oxygen atoms in total. The lowest BCUT2D eigenvalue weighted by atomic mass is 10.2. The van der Waals surface area contributed by atoms with Crippen LogP contribution in [0.2, 0.25) is 0 Å². The molecule has 2 rings (SSSR count). The Balaban J connectivity index is 1.95. The fourth-order valence-electron chi connectivity index (χ4n) is 1.84. The molecule has 0 unspecified atom stereocenters. The SMILES string of the molecule is N#Cc1ccc(NC(=O)COC(=O)c2cccc(S(N)(=O)=O)c2)cc1. The van der Waals surface area contributed by atoms with Gasteiger partial charge in [-0.25, -0.2) is 18.4 Å². The van der Waals surface area contributed by atoms with Gasteiger partial charge in [0.1, 0.15) is 0 Å². The Morgan fingerprint density at radius 3 is 2.44 bits per heavy atom. The first-order valence-corrected chi connectivity index (χ1v) is 8.44. The van der Waals surface area contributed by atoms with E-state index in [4.69, 9.17) is 15.1 Å². The average molecular weight is 359 g/mol. The topological polar surface area (TPSA) is 139 Å². The fraction of sp³-hybridized carbons (Fsp3) is 0.0625. The Bertz CT molecular complexity index is 946. The molecule has 3 N–H and O–H groups in total. The van der Waals surface area contributed by atoms with Gasteiger partial charge >= 0.3 is 5.97 Å². The summed E-state index contributed by atoms with van der Waals surface area (Å²) >= 11 is 0. The Hall–Kier alpha value is -3.22. The molecule has 0 aliphatic heterocycles. The van der Waals surface area contributed by atoms with Gasteiger partial charge in [-0.3, -0.25) is 4.79 Å². The standard InChI is InChI=1S/C16H13N3O5S/c17-9-11-4-6-13(7-5-11)19-15(20)10-24-16(21)12-2-1-3-14(8-12)25(18,22)23/h1-8H,10H2,(H,19,20)(H2,18,22,23). The zero-order valence-electron chi connectivity index (χ0n) is 12.8. The predicted octanol–water partition coefficient (Wildman–Crippen LogP) is 1.00. The molecule has 0 saturated heterocycles. The largest absolute Gasteiger partial charge is 0.452 e.